The number of hydrogen-bond acceptors (Lipinski definition) is 5. The topological polar surface area (TPSA) is 69.8 Å². The van der Waals surface area contributed by atoms with Crippen LogP contribution in [0.3, 0.4) is 0 Å². The number of methoxy groups -OCH3 is 1. The maximum absolute atomic E-state index is 6.37. The number of nitrogens with zero attached hydrogens (tertiary/aromatic N) is 5. The normalized spacial score (nSPS) is 15.5. The van der Waals surface area contributed by atoms with Crippen molar-refractivity contribution >= 4 is 34.6 Å². The first kappa shape index (κ1) is 20.6. The van der Waals surface area contributed by atoms with Gasteiger partial charge in [-0.15, -0.1) is 5.10 Å². The van der Waals surface area contributed by atoms with Crippen LogP contribution in [0, 0.1) is 6.92 Å². The third kappa shape index (κ3) is 3.53. The van der Waals surface area contributed by atoms with Gasteiger partial charge in [0.1, 0.15) is 23.9 Å². The lowest BCUT2D eigenvalue weighted by Gasteiger charge is -2.29. The molecule has 162 valence electrons. The maximum atomic E-state index is 6.37. The van der Waals surface area contributed by atoms with Gasteiger partial charge in [-0.1, -0.05) is 35.3 Å². The molecule has 2 aromatic heterocycles. The lowest BCUT2D eigenvalue weighted by molar-refractivity contribution is 0.414. The van der Waals surface area contributed by atoms with Crippen LogP contribution in [0.5, 0.6) is 5.75 Å². The number of fused-ring (bicyclic) bond motifs is 1. The Labute approximate surface area is 195 Å². The van der Waals surface area contributed by atoms with Gasteiger partial charge < -0.3 is 10.1 Å². The van der Waals surface area contributed by atoms with Crippen molar-refractivity contribution in [3.05, 3.63) is 87.7 Å². The Bertz CT molecular complexity index is 1360. The summed E-state index contributed by atoms with van der Waals surface area (Å²) in [6.07, 6.45) is 1.69. The zero-order valence-corrected chi connectivity index (χ0v) is 19.2. The van der Waals surface area contributed by atoms with Crippen LogP contribution in [0.25, 0.3) is 11.3 Å². The van der Waals surface area contributed by atoms with Crippen LogP contribution in [0.4, 0.5) is 5.82 Å². The Morgan fingerprint density at radius 3 is 2.62 bits per heavy atom. The first-order valence-electron chi connectivity index (χ1n) is 10.00. The molecule has 0 aliphatic carbocycles. The molecular weight excluding hydrogens is 447 g/mol. The second kappa shape index (κ2) is 8.00. The van der Waals surface area contributed by atoms with E-state index < -0.39 is 0 Å². The van der Waals surface area contributed by atoms with Crippen LogP contribution in [0.1, 0.15) is 30.0 Å². The van der Waals surface area contributed by atoms with E-state index in [1.54, 1.807) is 24.2 Å². The van der Waals surface area contributed by atoms with Crippen LogP contribution in [0.2, 0.25) is 10.0 Å². The van der Waals surface area contributed by atoms with E-state index in [0.717, 1.165) is 39.8 Å². The Morgan fingerprint density at radius 2 is 1.84 bits per heavy atom. The highest BCUT2D eigenvalue weighted by atomic mass is 35.5. The zero-order chi connectivity index (χ0) is 22.4. The highest BCUT2D eigenvalue weighted by Crippen LogP contribution is 2.41. The second-order valence-corrected chi connectivity index (χ2v) is 8.38. The Morgan fingerprint density at radius 1 is 1.00 bits per heavy atom. The van der Waals surface area contributed by atoms with Crippen molar-refractivity contribution in [2.75, 3.05) is 12.4 Å². The standard InChI is InChI=1S/C23H20Cl2N6O/c1-13-9-20-27-14(2)21(22(31(20)28-13)15-7-8-18(24)19(25)10-15)23-26-12-30(29-23)16-5-4-6-17(11-16)32-3/h4-12,22,27H,1-3H3/t22-/m1/s1. The summed E-state index contributed by atoms with van der Waals surface area (Å²) in [5, 5.41) is 13.9. The molecule has 0 radical (unpaired) electrons. The van der Waals surface area contributed by atoms with Crippen molar-refractivity contribution in [1.29, 1.82) is 0 Å². The minimum absolute atomic E-state index is 0.268. The summed E-state index contributed by atoms with van der Waals surface area (Å²) in [7, 11) is 1.64. The zero-order valence-electron chi connectivity index (χ0n) is 17.7. The monoisotopic (exact) mass is 466 g/mol. The summed E-state index contributed by atoms with van der Waals surface area (Å²) in [4.78, 5) is 4.63. The van der Waals surface area contributed by atoms with Gasteiger partial charge in [0.15, 0.2) is 5.82 Å². The molecule has 0 spiro atoms. The first-order chi connectivity index (χ1) is 15.4. The molecule has 3 heterocycles. The van der Waals surface area contributed by atoms with Crippen LogP contribution < -0.4 is 10.1 Å². The molecule has 0 amide bonds. The molecule has 4 aromatic rings. The SMILES string of the molecule is COc1cccc(-n2cnc(C3=C(C)Nc4cc(C)nn4[C@@H]3c3ccc(Cl)c(Cl)c3)n2)c1. The van der Waals surface area contributed by atoms with E-state index >= 15 is 0 Å². The summed E-state index contributed by atoms with van der Waals surface area (Å²) in [6, 6.07) is 15.0. The number of hydrogen-bond donors (Lipinski definition) is 1. The predicted molar refractivity (Wildman–Crippen MR) is 126 cm³/mol. The number of benzene rings is 2. The smallest absolute Gasteiger partial charge is 0.181 e. The van der Waals surface area contributed by atoms with E-state index in [4.69, 9.17) is 38.1 Å². The summed E-state index contributed by atoms with van der Waals surface area (Å²) in [5.74, 6) is 2.24. The van der Waals surface area contributed by atoms with Crippen molar-refractivity contribution in [3.63, 3.8) is 0 Å². The number of aromatic nitrogens is 5. The van der Waals surface area contributed by atoms with Crippen molar-refractivity contribution in [2.24, 2.45) is 0 Å². The molecule has 1 aliphatic rings. The summed E-state index contributed by atoms with van der Waals surface area (Å²) >= 11 is 12.6. The number of allylic oxidation sites excluding steroid dienone is 2. The fraction of sp³-hybridized carbons (Fsp3) is 0.174. The molecule has 0 fully saturated rings. The number of anilines is 1. The first-order valence-corrected chi connectivity index (χ1v) is 10.8. The van der Waals surface area contributed by atoms with Gasteiger partial charge in [0.2, 0.25) is 0 Å². The van der Waals surface area contributed by atoms with E-state index in [1.165, 1.54) is 0 Å². The van der Waals surface area contributed by atoms with E-state index in [9.17, 15) is 0 Å². The van der Waals surface area contributed by atoms with E-state index in [2.05, 4.69) is 10.3 Å². The fourth-order valence-electron chi connectivity index (χ4n) is 3.94. The van der Waals surface area contributed by atoms with Crippen LogP contribution in [-0.4, -0.2) is 31.7 Å². The van der Waals surface area contributed by atoms with Gasteiger partial charge in [0, 0.05) is 23.4 Å². The average Bonchev–Trinajstić information content (AvgIpc) is 3.41. The van der Waals surface area contributed by atoms with Gasteiger partial charge in [-0.2, -0.15) is 5.10 Å². The summed E-state index contributed by atoms with van der Waals surface area (Å²) in [6.45, 7) is 3.97. The van der Waals surface area contributed by atoms with Crippen LogP contribution >= 0.6 is 23.2 Å². The number of aryl methyl sites for hydroxylation is 1. The third-order valence-corrected chi connectivity index (χ3v) is 6.14. The molecule has 9 heteroatoms. The van der Waals surface area contributed by atoms with Crippen LogP contribution in [-0.2, 0) is 0 Å². The molecule has 5 rings (SSSR count). The Balaban J connectivity index is 1.64. The minimum Gasteiger partial charge on any atom is -0.497 e. The molecule has 7 nitrogen and oxygen atoms in total. The molecule has 0 saturated heterocycles. The van der Waals surface area contributed by atoms with Gasteiger partial charge in [-0.25, -0.2) is 14.3 Å². The minimum atomic E-state index is -0.268. The average molecular weight is 467 g/mol. The quantitative estimate of drug-likeness (QED) is 0.427. The number of ether oxygens (including phenoxy) is 1. The Kier molecular flexibility index (Phi) is 5.15. The van der Waals surface area contributed by atoms with Crippen LogP contribution in [0.15, 0.2) is 60.6 Å². The highest BCUT2D eigenvalue weighted by Gasteiger charge is 2.32. The van der Waals surface area contributed by atoms with Gasteiger partial charge >= 0.3 is 0 Å². The van der Waals surface area contributed by atoms with Crippen molar-refractivity contribution in [3.8, 4) is 11.4 Å². The third-order valence-electron chi connectivity index (χ3n) is 5.41. The molecule has 1 aliphatic heterocycles. The number of nitrogens with one attached hydrogen (secondary N) is 1. The molecule has 1 N–H and O–H groups in total. The summed E-state index contributed by atoms with van der Waals surface area (Å²) < 4.78 is 9.00. The molecule has 2 aromatic carbocycles. The molecule has 1 atom stereocenters. The molecule has 32 heavy (non-hydrogen) atoms. The maximum Gasteiger partial charge on any atom is 0.181 e. The lowest BCUT2D eigenvalue weighted by Crippen LogP contribution is -2.24. The lowest BCUT2D eigenvalue weighted by atomic mass is 9.95. The van der Waals surface area contributed by atoms with Gasteiger partial charge in [-0.3, -0.25) is 0 Å². The fourth-order valence-corrected chi connectivity index (χ4v) is 4.24. The number of rotatable bonds is 4. The molecular formula is C23H20Cl2N6O. The predicted octanol–water partition coefficient (Wildman–Crippen LogP) is 5.53. The van der Waals surface area contributed by atoms with Gasteiger partial charge in [0.05, 0.1) is 28.5 Å². The van der Waals surface area contributed by atoms with Crippen molar-refractivity contribution in [1.82, 2.24) is 24.5 Å². The van der Waals surface area contributed by atoms with E-state index in [0.29, 0.717) is 15.9 Å². The molecule has 0 bridgehead atoms. The van der Waals surface area contributed by atoms with E-state index in [-0.39, 0.29) is 6.04 Å². The Hall–Kier alpha value is -3.29. The van der Waals surface area contributed by atoms with Gasteiger partial charge in [0.25, 0.3) is 0 Å². The highest BCUT2D eigenvalue weighted by molar-refractivity contribution is 6.42. The van der Waals surface area contributed by atoms with E-state index in [1.807, 2.05) is 61.0 Å². The van der Waals surface area contributed by atoms with Crippen molar-refractivity contribution < 1.29 is 4.74 Å². The summed E-state index contributed by atoms with van der Waals surface area (Å²) in [5.41, 5.74) is 4.54. The largest absolute Gasteiger partial charge is 0.497 e. The number of halogens is 2. The van der Waals surface area contributed by atoms with Crippen molar-refractivity contribution in [2.45, 2.75) is 19.9 Å². The second-order valence-electron chi connectivity index (χ2n) is 7.57. The molecule has 0 unspecified atom stereocenters. The van der Waals surface area contributed by atoms with Gasteiger partial charge in [-0.05, 0) is 43.7 Å². The molecule has 0 saturated carbocycles.